The minimum Gasteiger partial charge on any atom is -0.491 e. The fourth-order valence-electron chi connectivity index (χ4n) is 1.27. The van der Waals surface area contributed by atoms with Gasteiger partial charge in [0, 0.05) is 11.6 Å². The van der Waals surface area contributed by atoms with Crippen LogP contribution in [0.4, 0.5) is 0 Å². The number of rotatable bonds is 5. The Morgan fingerprint density at radius 2 is 2.20 bits per heavy atom. The molecule has 0 radical (unpaired) electrons. The van der Waals surface area contributed by atoms with E-state index in [-0.39, 0.29) is 0 Å². The molecule has 0 aliphatic rings. The summed E-state index contributed by atoms with van der Waals surface area (Å²) >= 11 is 9.35. The first-order valence-corrected chi connectivity index (χ1v) is 6.11. The SMILES string of the molecule is CCNCCOc1c(C)cc(Cl)cc1Br. The van der Waals surface area contributed by atoms with Gasteiger partial charge in [-0.25, -0.2) is 0 Å². The number of nitrogens with one attached hydrogen (secondary N) is 1. The van der Waals surface area contributed by atoms with Crippen LogP contribution < -0.4 is 10.1 Å². The zero-order valence-electron chi connectivity index (χ0n) is 8.94. The van der Waals surface area contributed by atoms with Crippen molar-refractivity contribution in [2.45, 2.75) is 13.8 Å². The maximum atomic E-state index is 5.91. The van der Waals surface area contributed by atoms with Crippen molar-refractivity contribution in [1.82, 2.24) is 5.32 Å². The Kier molecular flexibility index (Phi) is 5.43. The maximum absolute atomic E-state index is 5.91. The van der Waals surface area contributed by atoms with Crippen molar-refractivity contribution in [3.8, 4) is 5.75 Å². The van der Waals surface area contributed by atoms with E-state index in [1.54, 1.807) is 0 Å². The summed E-state index contributed by atoms with van der Waals surface area (Å²) in [6.45, 7) is 6.53. The molecule has 1 aromatic carbocycles. The van der Waals surface area contributed by atoms with Gasteiger partial charge in [0.2, 0.25) is 0 Å². The Morgan fingerprint density at radius 1 is 1.47 bits per heavy atom. The van der Waals surface area contributed by atoms with Gasteiger partial charge < -0.3 is 10.1 Å². The zero-order chi connectivity index (χ0) is 11.3. The summed E-state index contributed by atoms with van der Waals surface area (Å²) in [5, 5.41) is 3.92. The molecule has 0 spiro atoms. The third kappa shape index (κ3) is 4.01. The first-order valence-electron chi connectivity index (χ1n) is 4.94. The number of hydrogen-bond donors (Lipinski definition) is 1. The molecule has 0 heterocycles. The molecule has 1 aromatic rings. The van der Waals surface area contributed by atoms with Crippen molar-refractivity contribution < 1.29 is 4.74 Å². The van der Waals surface area contributed by atoms with E-state index in [0.717, 1.165) is 33.9 Å². The molecular formula is C11H15BrClNO. The van der Waals surface area contributed by atoms with Crippen LogP contribution >= 0.6 is 27.5 Å². The van der Waals surface area contributed by atoms with Gasteiger partial charge in [-0.2, -0.15) is 0 Å². The summed E-state index contributed by atoms with van der Waals surface area (Å²) < 4.78 is 6.56. The molecule has 0 aromatic heterocycles. The standard InChI is InChI=1S/C11H15BrClNO/c1-3-14-4-5-15-11-8(2)6-9(13)7-10(11)12/h6-7,14H,3-5H2,1-2H3. The number of benzene rings is 1. The molecule has 2 nitrogen and oxygen atoms in total. The van der Waals surface area contributed by atoms with Gasteiger partial charge in [0.25, 0.3) is 0 Å². The monoisotopic (exact) mass is 291 g/mol. The average molecular weight is 293 g/mol. The molecule has 0 bridgehead atoms. The Bertz CT molecular complexity index is 307. The van der Waals surface area contributed by atoms with Crippen LogP contribution in [0.15, 0.2) is 16.6 Å². The minimum absolute atomic E-state index is 0.662. The Hall–Kier alpha value is -0.250. The smallest absolute Gasteiger partial charge is 0.136 e. The average Bonchev–Trinajstić information content (AvgIpc) is 2.15. The molecule has 0 amide bonds. The van der Waals surface area contributed by atoms with Crippen molar-refractivity contribution in [1.29, 1.82) is 0 Å². The largest absolute Gasteiger partial charge is 0.491 e. The predicted molar refractivity (Wildman–Crippen MR) is 67.9 cm³/mol. The highest BCUT2D eigenvalue weighted by atomic mass is 79.9. The molecule has 0 aliphatic carbocycles. The van der Waals surface area contributed by atoms with Crippen LogP contribution in [-0.4, -0.2) is 19.7 Å². The molecule has 0 unspecified atom stereocenters. The lowest BCUT2D eigenvalue weighted by Gasteiger charge is -2.11. The first kappa shape index (κ1) is 12.8. The van der Waals surface area contributed by atoms with Gasteiger partial charge in [0.15, 0.2) is 0 Å². The summed E-state index contributed by atoms with van der Waals surface area (Å²) in [7, 11) is 0. The molecule has 0 saturated carbocycles. The molecule has 0 saturated heterocycles. The van der Waals surface area contributed by atoms with Gasteiger partial charge in [0.1, 0.15) is 12.4 Å². The summed E-state index contributed by atoms with van der Waals surface area (Å²) in [4.78, 5) is 0. The highest BCUT2D eigenvalue weighted by Gasteiger charge is 2.06. The van der Waals surface area contributed by atoms with E-state index in [0.29, 0.717) is 6.61 Å². The highest BCUT2D eigenvalue weighted by Crippen LogP contribution is 2.31. The van der Waals surface area contributed by atoms with Gasteiger partial charge in [-0.1, -0.05) is 18.5 Å². The van der Waals surface area contributed by atoms with Crippen LogP contribution in [0.3, 0.4) is 0 Å². The lowest BCUT2D eigenvalue weighted by atomic mass is 10.2. The van der Waals surface area contributed by atoms with Crippen LogP contribution in [-0.2, 0) is 0 Å². The molecular weight excluding hydrogens is 277 g/mol. The quantitative estimate of drug-likeness (QED) is 0.840. The number of halogens is 2. The molecule has 1 N–H and O–H groups in total. The molecule has 1 rings (SSSR count). The Balaban J connectivity index is 2.60. The molecule has 84 valence electrons. The van der Waals surface area contributed by atoms with Crippen molar-refractivity contribution in [3.63, 3.8) is 0 Å². The lowest BCUT2D eigenvalue weighted by molar-refractivity contribution is 0.311. The van der Waals surface area contributed by atoms with Gasteiger partial charge in [0.05, 0.1) is 4.47 Å². The highest BCUT2D eigenvalue weighted by molar-refractivity contribution is 9.10. The molecule has 0 atom stereocenters. The summed E-state index contributed by atoms with van der Waals surface area (Å²) in [6, 6.07) is 3.74. The number of ether oxygens (including phenoxy) is 1. The second-order valence-corrected chi connectivity index (χ2v) is 4.53. The lowest BCUT2D eigenvalue weighted by Crippen LogP contribution is -2.20. The topological polar surface area (TPSA) is 21.3 Å². The Morgan fingerprint density at radius 3 is 2.80 bits per heavy atom. The zero-order valence-corrected chi connectivity index (χ0v) is 11.3. The van der Waals surface area contributed by atoms with E-state index in [9.17, 15) is 0 Å². The minimum atomic E-state index is 0.662. The number of likely N-dealkylation sites (N-methyl/N-ethyl adjacent to an activating group) is 1. The van der Waals surface area contributed by atoms with Gasteiger partial charge in [-0.15, -0.1) is 0 Å². The Labute approximate surface area is 104 Å². The summed E-state index contributed by atoms with van der Waals surface area (Å²) in [5.41, 5.74) is 1.05. The van der Waals surface area contributed by atoms with Crippen LogP contribution in [0, 0.1) is 6.92 Å². The summed E-state index contributed by atoms with van der Waals surface area (Å²) in [5.74, 6) is 0.873. The van der Waals surface area contributed by atoms with Gasteiger partial charge >= 0.3 is 0 Å². The normalized spacial score (nSPS) is 10.4. The second kappa shape index (κ2) is 6.36. The van der Waals surface area contributed by atoms with E-state index in [2.05, 4.69) is 28.2 Å². The first-order chi connectivity index (χ1) is 7.15. The van der Waals surface area contributed by atoms with E-state index < -0.39 is 0 Å². The molecule has 0 aliphatic heterocycles. The van der Waals surface area contributed by atoms with E-state index in [4.69, 9.17) is 16.3 Å². The van der Waals surface area contributed by atoms with Crippen LogP contribution in [0.2, 0.25) is 5.02 Å². The third-order valence-corrected chi connectivity index (χ3v) is 2.78. The molecule has 15 heavy (non-hydrogen) atoms. The summed E-state index contributed by atoms with van der Waals surface area (Å²) in [6.07, 6.45) is 0. The number of aryl methyl sites for hydroxylation is 1. The van der Waals surface area contributed by atoms with Crippen LogP contribution in [0.25, 0.3) is 0 Å². The van der Waals surface area contributed by atoms with Crippen molar-refractivity contribution in [2.75, 3.05) is 19.7 Å². The third-order valence-electron chi connectivity index (χ3n) is 1.97. The van der Waals surface area contributed by atoms with Crippen molar-refractivity contribution in [3.05, 3.63) is 27.2 Å². The fraction of sp³-hybridized carbons (Fsp3) is 0.455. The van der Waals surface area contributed by atoms with Crippen LogP contribution in [0.5, 0.6) is 5.75 Å². The van der Waals surface area contributed by atoms with E-state index in [1.807, 2.05) is 19.1 Å². The van der Waals surface area contributed by atoms with Crippen molar-refractivity contribution in [2.24, 2.45) is 0 Å². The number of hydrogen-bond acceptors (Lipinski definition) is 2. The predicted octanol–water partition coefficient (Wildman–Crippen LogP) is 3.40. The van der Waals surface area contributed by atoms with Gasteiger partial charge in [-0.05, 0) is 47.1 Å². The molecule has 0 fully saturated rings. The molecule has 4 heteroatoms. The van der Waals surface area contributed by atoms with E-state index in [1.165, 1.54) is 0 Å². The second-order valence-electron chi connectivity index (χ2n) is 3.24. The van der Waals surface area contributed by atoms with E-state index >= 15 is 0 Å². The fourth-order valence-corrected chi connectivity index (χ4v) is 2.35. The maximum Gasteiger partial charge on any atom is 0.136 e. The van der Waals surface area contributed by atoms with Gasteiger partial charge in [-0.3, -0.25) is 0 Å². The van der Waals surface area contributed by atoms with Crippen molar-refractivity contribution >= 4 is 27.5 Å². The van der Waals surface area contributed by atoms with Crippen LogP contribution in [0.1, 0.15) is 12.5 Å².